The van der Waals surface area contributed by atoms with E-state index in [1.54, 1.807) is 12.1 Å². The number of carbonyl (C=O) groups excluding carboxylic acids is 1. The minimum atomic E-state index is -0.299. The van der Waals surface area contributed by atoms with Gasteiger partial charge in [-0.05, 0) is 57.0 Å². The zero-order valence-corrected chi connectivity index (χ0v) is 14.7. The van der Waals surface area contributed by atoms with Gasteiger partial charge in [0.25, 0.3) is 5.91 Å². The van der Waals surface area contributed by atoms with E-state index >= 15 is 0 Å². The summed E-state index contributed by atoms with van der Waals surface area (Å²) in [5.41, 5.74) is 0.586. The summed E-state index contributed by atoms with van der Waals surface area (Å²) in [5, 5.41) is 0. The molecule has 5 heteroatoms. The number of piperidine rings is 1. The van der Waals surface area contributed by atoms with Crippen LogP contribution >= 0.6 is 0 Å². The Balaban J connectivity index is 1.49. The number of piperazine rings is 1. The smallest absolute Gasteiger partial charge is 0.253 e. The van der Waals surface area contributed by atoms with Crippen LogP contribution in [0.4, 0.5) is 4.39 Å². The minimum absolute atomic E-state index is 0.0291. The van der Waals surface area contributed by atoms with Crippen LogP contribution in [0.2, 0.25) is 0 Å². The first-order valence-electron chi connectivity index (χ1n) is 9.00. The van der Waals surface area contributed by atoms with Crippen LogP contribution in [0.15, 0.2) is 24.3 Å². The molecule has 0 N–H and O–H groups in total. The van der Waals surface area contributed by atoms with Gasteiger partial charge in [-0.2, -0.15) is 0 Å². The molecule has 1 atom stereocenters. The molecule has 0 aliphatic carbocycles. The first kappa shape index (κ1) is 17.4. The number of benzene rings is 1. The third-order valence-electron chi connectivity index (χ3n) is 5.45. The van der Waals surface area contributed by atoms with Gasteiger partial charge in [-0.15, -0.1) is 0 Å². The zero-order valence-electron chi connectivity index (χ0n) is 14.7. The molecular formula is C19H28FN3O. The highest BCUT2D eigenvalue weighted by atomic mass is 19.1. The number of rotatable bonds is 3. The van der Waals surface area contributed by atoms with Crippen molar-refractivity contribution in [3.8, 4) is 0 Å². The van der Waals surface area contributed by atoms with Crippen molar-refractivity contribution in [2.24, 2.45) is 5.92 Å². The maximum atomic E-state index is 13.0. The molecule has 2 fully saturated rings. The van der Waals surface area contributed by atoms with E-state index in [2.05, 4.69) is 23.8 Å². The molecule has 132 valence electrons. The lowest BCUT2D eigenvalue weighted by molar-refractivity contribution is 0.0556. The SMILES string of the molecule is C[C@H]1CN(C)CCN1CC1CCN(C(=O)c2ccc(F)cc2)CC1. The standard InChI is InChI=1S/C19H28FN3O/c1-15-13-21(2)11-12-23(15)14-16-7-9-22(10-8-16)19(24)17-3-5-18(20)6-4-17/h3-6,15-16H,7-14H2,1-2H3/t15-/m0/s1. The number of nitrogens with zero attached hydrogens (tertiary/aromatic N) is 3. The molecule has 2 aliphatic heterocycles. The maximum absolute atomic E-state index is 13.0. The number of hydrogen-bond acceptors (Lipinski definition) is 3. The van der Waals surface area contributed by atoms with Gasteiger partial charge in [-0.25, -0.2) is 4.39 Å². The third-order valence-corrected chi connectivity index (χ3v) is 5.45. The summed E-state index contributed by atoms with van der Waals surface area (Å²) >= 11 is 0. The van der Waals surface area contributed by atoms with Gasteiger partial charge >= 0.3 is 0 Å². The Bertz CT molecular complexity index is 554. The molecule has 4 nitrogen and oxygen atoms in total. The molecule has 1 aromatic rings. The largest absolute Gasteiger partial charge is 0.339 e. The molecule has 1 amide bonds. The Labute approximate surface area is 144 Å². The van der Waals surface area contributed by atoms with Gasteiger partial charge in [0.1, 0.15) is 5.82 Å². The van der Waals surface area contributed by atoms with Crippen LogP contribution < -0.4 is 0 Å². The molecule has 0 radical (unpaired) electrons. The van der Waals surface area contributed by atoms with Crippen molar-refractivity contribution >= 4 is 5.91 Å². The third kappa shape index (κ3) is 4.14. The molecule has 2 heterocycles. The molecule has 2 aliphatic rings. The number of carbonyl (C=O) groups is 1. The first-order valence-corrected chi connectivity index (χ1v) is 9.00. The Morgan fingerprint density at radius 2 is 1.79 bits per heavy atom. The predicted molar refractivity (Wildman–Crippen MR) is 93.6 cm³/mol. The van der Waals surface area contributed by atoms with E-state index < -0.39 is 0 Å². The van der Waals surface area contributed by atoms with Crippen LogP contribution in [0, 0.1) is 11.7 Å². The van der Waals surface area contributed by atoms with Crippen LogP contribution in [0.3, 0.4) is 0 Å². The summed E-state index contributed by atoms with van der Waals surface area (Å²) in [5.74, 6) is 0.404. The Morgan fingerprint density at radius 1 is 1.12 bits per heavy atom. The lowest BCUT2D eigenvalue weighted by Gasteiger charge is -2.41. The van der Waals surface area contributed by atoms with E-state index in [1.807, 2.05) is 4.90 Å². The minimum Gasteiger partial charge on any atom is -0.339 e. The normalized spacial score (nSPS) is 24.3. The average Bonchev–Trinajstić information content (AvgIpc) is 2.58. The molecule has 1 aromatic carbocycles. The molecule has 0 spiro atoms. The highest BCUT2D eigenvalue weighted by Crippen LogP contribution is 2.22. The summed E-state index contributed by atoms with van der Waals surface area (Å²) in [7, 11) is 2.19. The number of amides is 1. The molecule has 3 rings (SSSR count). The quantitative estimate of drug-likeness (QED) is 0.849. The Kier molecular flexibility index (Phi) is 5.51. The fourth-order valence-electron chi connectivity index (χ4n) is 3.87. The van der Waals surface area contributed by atoms with E-state index in [4.69, 9.17) is 0 Å². The molecule has 0 unspecified atom stereocenters. The molecule has 0 aromatic heterocycles. The fourth-order valence-corrected chi connectivity index (χ4v) is 3.87. The van der Waals surface area contributed by atoms with E-state index in [1.165, 1.54) is 12.1 Å². The predicted octanol–water partition coefficient (Wildman–Crippen LogP) is 2.31. The van der Waals surface area contributed by atoms with Gasteiger partial charge < -0.3 is 9.80 Å². The second-order valence-electron chi connectivity index (χ2n) is 7.35. The highest BCUT2D eigenvalue weighted by molar-refractivity contribution is 5.94. The van der Waals surface area contributed by atoms with Gasteiger partial charge in [0.2, 0.25) is 0 Å². The van der Waals surface area contributed by atoms with E-state index in [0.29, 0.717) is 17.5 Å². The summed E-state index contributed by atoms with van der Waals surface area (Å²) in [4.78, 5) is 19.4. The van der Waals surface area contributed by atoms with Gasteiger partial charge in [-0.3, -0.25) is 9.69 Å². The second-order valence-corrected chi connectivity index (χ2v) is 7.35. The van der Waals surface area contributed by atoms with Crippen LogP contribution in [-0.2, 0) is 0 Å². The van der Waals surface area contributed by atoms with Crippen LogP contribution in [0.1, 0.15) is 30.1 Å². The maximum Gasteiger partial charge on any atom is 0.253 e. The number of halogens is 1. The van der Waals surface area contributed by atoms with E-state index in [9.17, 15) is 9.18 Å². The van der Waals surface area contributed by atoms with Crippen molar-refractivity contribution in [3.05, 3.63) is 35.6 Å². The lowest BCUT2D eigenvalue weighted by atomic mass is 9.94. The summed E-state index contributed by atoms with van der Waals surface area (Å²) in [6, 6.07) is 6.48. The van der Waals surface area contributed by atoms with E-state index in [-0.39, 0.29) is 11.7 Å². The van der Waals surface area contributed by atoms with Gasteiger partial charge in [0.15, 0.2) is 0 Å². The lowest BCUT2D eigenvalue weighted by Crippen LogP contribution is -2.52. The zero-order chi connectivity index (χ0) is 17.1. The molecule has 2 saturated heterocycles. The van der Waals surface area contributed by atoms with Crippen LogP contribution in [0.25, 0.3) is 0 Å². The average molecular weight is 333 g/mol. The summed E-state index contributed by atoms with van der Waals surface area (Å²) in [6.45, 7) is 8.50. The second kappa shape index (κ2) is 7.62. The monoisotopic (exact) mass is 333 g/mol. The highest BCUT2D eigenvalue weighted by Gasteiger charge is 2.28. The fraction of sp³-hybridized carbons (Fsp3) is 0.632. The molecular weight excluding hydrogens is 305 g/mol. The topological polar surface area (TPSA) is 26.8 Å². The van der Waals surface area contributed by atoms with Crippen molar-refractivity contribution in [1.82, 2.24) is 14.7 Å². The van der Waals surface area contributed by atoms with Gasteiger partial charge in [0.05, 0.1) is 0 Å². The number of hydrogen-bond donors (Lipinski definition) is 0. The van der Waals surface area contributed by atoms with Gasteiger partial charge in [-0.1, -0.05) is 0 Å². The van der Waals surface area contributed by atoms with Crippen molar-refractivity contribution in [1.29, 1.82) is 0 Å². The first-order chi connectivity index (χ1) is 11.5. The number of likely N-dealkylation sites (N-methyl/N-ethyl adjacent to an activating group) is 1. The van der Waals surface area contributed by atoms with Crippen molar-refractivity contribution in [3.63, 3.8) is 0 Å². The van der Waals surface area contributed by atoms with Gasteiger partial charge in [0, 0.05) is 50.9 Å². The van der Waals surface area contributed by atoms with Crippen molar-refractivity contribution in [2.75, 3.05) is 46.3 Å². The number of likely N-dealkylation sites (tertiary alicyclic amines) is 1. The molecule has 0 saturated carbocycles. The van der Waals surface area contributed by atoms with Crippen molar-refractivity contribution in [2.45, 2.75) is 25.8 Å². The Hall–Kier alpha value is -1.46. The Morgan fingerprint density at radius 3 is 2.42 bits per heavy atom. The van der Waals surface area contributed by atoms with Crippen LogP contribution in [0.5, 0.6) is 0 Å². The molecule has 24 heavy (non-hydrogen) atoms. The van der Waals surface area contributed by atoms with E-state index in [0.717, 1.165) is 52.1 Å². The summed E-state index contributed by atoms with van der Waals surface area (Å²) in [6.07, 6.45) is 2.12. The van der Waals surface area contributed by atoms with Crippen LogP contribution in [-0.4, -0.2) is 73.0 Å². The van der Waals surface area contributed by atoms with Crippen molar-refractivity contribution < 1.29 is 9.18 Å². The molecule has 0 bridgehead atoms. The summed E-state index contributed by atoms with van der Waals surface area (Å²) < 4.78 is 13.0.